The Morgan fingerprint density at radius 1 is 1.24 bits per heavy atom. The number of aromatic nitrogens is 2. The highest BCUT2D eigenvalue weighted by atomic mass is 16.5. The van der Waals surface area contributed by atoms with Crippen LogP contribution in [0.2, 0.25) is 0 Å². The van der Waals surface area contributed by atoms with Gasteiger partial charge >= 0.3 is 0 Å². The Balaban J connectivity index is 1.60. The van der Waals surface area contributed by atoms with Crippen molar-refractivity contribution in [2.75, 3.05) is 26.3 Å². The molecule has 1 atom stereocenters. The predicted molar refractivity (Wildman–Crippen MR) is 61.8 cm³/mol. The van der Waals surface area contributed by atoms with Crippen LogP contribution >= 0.6 is 0 Å². The molecule has 1 aromatic rings. The highest BCUT2D eigenvalue weighted by Crippen LogP contribution is 2.25. The molecule has 0 saturated carbocycles. The van der Waals surface area contributed by atoms with Crippen LogP contribution in [0, 0.1) is 5.92 Å². The predicted octanol–water partition coefficient (Wildman–Crippen LogP) is 1.12. The topological polar surface area (TPSA) is 60.2 Å². The van der Waals surface area contributed by atoms with Crippen LogP contribution in [0.5, 0.6) is 0 Å². The summed E-state index contributed by atoms with van der Waals surface area (Å²) in [6.07, 6.45) is 4.17. The van der Waals surface area contributed by atoms with Crippen molar-refractivity contribution >= 4 is 0 Å². The second kappa shape index (κ2) is 5.14. The van der Waals surface area contributed by atoms with Crippen LogP contribution in [0.15, 0.2) is 4.52 Å². The first-order chi connectivity index (χ1) is 8.42. The number of hydrogen-bond acceptors (Lipinski definition) is 5. The van der Waals surface area contributed by atoms with E-state index < -0.39 is 0 Å². The Labute approximate surface area is 101 Å². The summed E-state index contributed by atoms with van der Waals surface area (Å²) in [5.74, 6) is 2.79. The van der Waals surface area contributed by atoms with E-state index in [1.807, 2.05) is 0 Å². The summed E-state index contributed by atoms with van der Waals surface area (Å²) in [6, 6.07) is 0. The molecule has 2 saturated heterocycles. The lowest BCUT2D eigenvalue weighted by atomic mass is 10.00. The molecule has 94 valence electrons. The van der Waals surface area contributed by atoms with Crippen molar-refractivity contribution in [3.63, 3.8) is 0 Å². The molecule has 0 amide bonds. The van der Waals surface area contributed by atoms with Gasteiger partial charge in [0, 0.05) is 25.6 Å². The van der Waals surface area contributed by atoms with Gasteiger partial charge < -0.3 is 14.6 Å². The lowest BCUT2D eigenvalue weighted by molar-refractivity contribution is 0.0830. The maximum atomic E-state index is 5.35. The van der Waals surface area contributed by atoms with Crippen molar-refractivity contribution in [2.24, 2.45) is 5.92 Å². The lowest BCUT2D eigenvalue weighted by Gasteiger charge is -2.18. The zero-order valence-corrected chi connectivity index (χ0v) is 10.0. The van der Waals surface area contributed by atoms with Crippen molar-refractivity contribution in [3.05, 3.63) is 11.7 Å². The van der Waals surface area contributed by atoms with E-state index in [4.69, 9.17) is 9.26 Å². The van der Waals surface area contributed by atoms with Crippen LogP contribution in [-0.4, -0.2) is 36.4 Å². The van der Waals surface area contributed by atoms with Gasteiger partial charge in [0.15, 0.2) is 5.82 Å². The Morgan fingerprint density at radius 2 is 2.12 bits per heavy atom. The first kappa shape index (κ1) is 11.2. The van der Waals surface area contributed by atoms with Crippen LogP contribution in [0.3, 0.4) is 0 Å². The van der Waals surface area contributed by atoms with Gasteiger partial charge in [-0.25, -0.2) is 0 Å². The number of hydrogen-bond donors (Lipinski definition) is 1. The summed E-state index contributed by atoms with van der Waals surface area (Å²) in [7, 11) is 0. The first-order valence-electron chi connectivity index (χ1n) is 6.53. The fraction of sp³-hybridized carbons (Fsp3) is 0.833. The molecule has 0 aromatic carbocycles. The molecule has 17 heavy (non-hydrogen) atoms. The minimum Gasteiger partial charge on any atom is -0.381 e. The quantitative estimate of drug-likeness (QED) is 0.853. The van der Waals surface area contributed by atoms with Crippen molar-refractivity contribution in [3.8, 4) is 0 Å². The van der Waals surface area contributed by atoms with E-state index in [-0.39, 0.29) is 0 Å². The van der Waals surface area contributed by atoms with Gasteiger partial charge in [-0.15, -0.1) is 0 Å². The Hall–Kier alpha value is -0.940. The molecule has 0 aliphatic carbocycles. The minimum absolute atomic E-state index is 0.433. The molecule has 1 aromatic heterocycles. The molecule has 0 unspecified atom stereocenters. The highest BCUT2D eigenvalue weighted by molar-refractivity contribution is 4.97. The fourth-order valence-corrected chi connectivity index (χ4v) is 2.61. The molecule has 5 nitrogen and oxygen atoms in total. The smallest absolute Gasteiger partial charge is 0.226 e. The van der Waals surface area contributed by atoms with E-state index in [0.717, 1.165) is 57.3 Å². The summed E-state index contributed by atoms with van der Waals surface area (Å²) in [5, 5.41) is 7.48. The molecule has 2 aliphatic heterocycles. The van der Waals surface area contributed by atoms with E-state index >= 15 is 0 Å². The minimum atomic E-state index is 0.433. The maximum absolute atomic E-state index is 5.35. The van der Waals surface area contributed by atoms with E-state index in [0.29, 0.717) is 11.8 Å². The molecular formula is C12H19N3O2. The Morgan fingerprint density at radius 3 is 2.88 bits per heavy atom. The highest BCUT2D eigenvalue weighted by Gasteiger charge is 2.23. The van der Waals surface area contributed by atoms with Crippen molar-refractivity contribution in [1.29, 1.82) is 0 Å². The van der Waals surface area contributed by atoms with Crippen molar-refractivity contribution in [2.45, 2.75) is 31.6 Å². The van der Waals surface area contributed by atoms with Gasteiger partial charge in [-0.2, -0.15) is 4.98 Å². The number of nitrogens with one attached hydrogen (secondary N) is 1. The van der Waals surface area contributed by atoms with Crippen LogP contribution in [0.4, 0.5) is 0 Å². The Kier molecular flexibility index (Phi) is 3.38. The third-order valence-electron chi connectivity index (χ3n) is 3.70. The molecule has 2 fully saturated rings. The molecule has 0 bridgehead atoms. The van der Waals surface area contributed by atoms with Crippen molar-refractivity contribution < 1.29 is 9.26 Å². The second-order valence-corrected chi connectivity index (χ2v) is 5.00. The van der Waals surface area contributed by atoms with Gasteiger partial charge in [0.1, 0.15) is 0 Å². The molecule has 0 spiro atoms. The Bertz CT molecular complexity index is 354. The second-order valence-electron chi connectivity index (χ2n) is 5.00. The number of ether oxygens (including phenoxy) is 1. The zero-order valence-electron chi connectivity index (χ0n) is 10.0. The van der Waals surface area contributed by atoms with E-state index in [1.54, 1.807) is 0 Å². The molecule has 3 rings (SSSR count). The lowest BCUT2D eigenvalue weighted by Crippen LogP contribution is -2.15. The molecule has 2 aliphatic rings. The summed E-state index contributed by atoms with van der Waals surface area (Å²) in [4.78, 5) is 4.54. The maximum Gasteiger partial charge on any atom is 0.226 e. The fourth-order valence-electron chi connectivity index (χ4n) is 2.61. The van der Waals surface area contributed by atoms with Crippen LogP contribution in [0.1, 0.15) is 36.9 Å². The average molecular weight is 237 g/mol. The molecular weight excluding hydrogens is 218 g/mol. The third kappa shape index (κ3) is 2.66. The summed E-state index contributed by atoms with van der Waals surface area (Å²) < 4.78 is 10.7. The monoisotopic (exact) mass is 237 g/mol. The largest absolute Gasteiger partial charge is 0.381 e. The summed E-state index contributed by atoms with van der Waals surface area (Å²) >= 11 is 0. The van der Waals surface area contributed by atoms with Crippen molar-refractivity contribution in [1.82, 2.24) is 15.5 Å². The molecule has 1 N–H and O–H groups in total. The van der Waals surface area contributed by atoms with Gasteiger partial charge in [0.2, 0.25) is 5.89 Å². The van der Waals surface area contributed by atoms with Crippen LogP contribution in [0.25, 0.3) is 0 Å². The SMILES string of the molecule is C1C[C@@H](Cc2nc(C3CCOCC3)no2)CN1. The van der Waals surface area contributed by atoms with Crippen LogP contribution < -0.4 is 5.32 Å². The van der Waals surface area contributed by atoms with Gasteiger partial charge in [0.25, 0.3) is 0 Å². The number of nitrogens with zero attached hydrogens (tertiary/aromatic N) is 2. The van der Waals surface area contributed by atoms with E-state index in [1.165, 1.54) is 6.42 Å². The molecule has 3 heterocycles. The normalized spacial score (nSPS) is 26.5. The van der Waals surface area contributed by atoms with Gasteiger partial charge in [-0.05, 0) is 38.3 Å². The summed E-state index contributed by atoms with van der Waals surface area (Å²) in [5.41, 5.74) is 0. The standard InChI is InChI=1S/C12H19N3O2/c1-4-13-8-9(1)7-11-14-12(15-17-11)10-2-5-16-6-3-10/h9-10,13H,1-8H2/t9-/m0/s1. The van der Waals surface area contributed by atoms with Gasteiger partial charge in [-0.1, -0.05) is 5.16 Å². The third-order valence-corrected chi connectivity index (χ3v) is 3.70. The van der Waals surface area contributed by atoms with Gasteiger partial charge in [0.05, 0.1) is 0 Å². The average Bonchev–Trinajstić information content (AvgIpc) is 3.02. The number of rotatable bonds is 3. The molecule has 5 heteroatoms. The first-order valence-corrected chi connectivity index (χ1v) is 6.53. The molecule has 0 radical (unpaired) electrons. The van der Waals surface area contributed by atoms with Crippen LogP contribution in [-0.2, 0) is 11.2 Å². The zero-order chi connectivity index (χ0) is 11.5. The van der Waals surface area contributed by atoms with E-state index in [9.17, 15) is 0 Å². The summed E-state index contributed by atoms with van der Waals surface area (Å²) in [6.45, 7) is 3.84. The van der Waals surface area contributed by atoms with Gasteiger partial charge in [-0.3, -0.25) is 0 Å². The van der Waals surface area contributed by atoms with E-state index in [2.05, 4.69) is 15.5 Å².